The lowest BCUT2D eigenvalue weighted by Gasteiger charge is -2.23. The summed E-state index contributed by atoms with van der Waals surface area (Å²) in [5.41, 5.74) is 2.23. The molecule has 29 heavy (non-hydrogen) atoms. The SMILES string of the molecule is CCN(Cc1ccc2c(c1)OCCO2)C(=O)COC(=O)c1cccc(N(C)C)c1. The summed E-state index contributed by atoms with van der Waals surface area (Å²) >= 11 is 0. The van der Waals surface area contributed by atoms with E-state index < -0.39 is 5.97 Å². The third kappa shape index (κ3) is 5.19. The molecule has 0 unspecified atom stereocenters. The molecule has 0 fully saturated rings. The largest absolute Gasteiger partial charge is 0.486 e. The van der Waals surface area contributed by atoms with Crippen LogP contribution < -0.4 is 14.4 Å². The Balaban J connectivity index is 1.58. The smallest absolute Gasteiger partial charge is 0.338 e. The predicted octanol–water partition coefficient (Wildman–Crippen LogP) is 2.73. The van der Waals surface area contributed by atoms with Crippen LogP contribution in [0.3, 0.4) is 0 Å². The number of fused-ring (bicyclic) bond motifs is 1. The lowest BCUT2D eigenvalue weighted by atomic mass is 10.1. The average molecular weight is 398 g/mol. The molecule has 1 heterocycles. The van der Waals surface area contributed by atoms with Gasteiger partial charge in [0.1, 0.15) is 13.2 Å². The van der Waals surface area contributed by atoms with Crippen LogP contribution in [-0.2, 0) is 16.1 Å². The van der Waals surface area contributed by atoms with E-state index in [1.165, 1.54) is 0 Å². The lowest BCUT2D eigenvalue weighted by molar-refractivity contribution is -0.134. The first-order chi connectivity index (χ1) is 14.0. The summed E-state index contributed by atoms with van der Waals surface area (Å²) in [6, 6.07) is 12.7. The van der Waals surface area contributed by atoms with Crippen molar-refractivity contribution in [3.05, 3.63) is 53.6 Å². The van der Waals surface area contributed by atoms with Gasteiger partial charge in [0.2, 0.25) is 0 Å². The molecule has 0 spiro atoms. The number of likely N-dealkylation sites (N-methyl/N-ethyl adjacent to an activating group) is 1. The second kappa shape index (κ2) is 9.32. The molecular weight excluding hydrogens is 372 g/mol. The van der Waals surface area contributed by atoms with Crippen LogP contribution in [0.2, 0.25) is 0 Å². The van der Waals surface area contributed by atoms with Crippen molar-refractivity contribution in [2.75, 3.05) is 45.4 Å². The molecule has 0 N–H and O–H groups in total. The average Bonchev–Trinajstić information content (AvgIpc) is 2.75. The van der Waals surface area contributed by atoms with Crippen molar-refractivity contribution >= 4 is 17.6 Å². The first kappa shape index (κ1) is 20.5. The topological polar surface area (TPSA) is 68.3 Å². The fourth-order valence-corrected chi connectivity index (χ4v) is 3.00. The molecule has 7 nitrogen and oxygen atoms in total. The van der Waals surface area contributed by atoms with E-state index in [1.54, 1.807) is 23.1 Å². The summed E-state index contributed by atoms with van der Waals surface area (Å²) in [5, 5.41) is 0. The number of rotatable bonds is 7. The highest BCUT2D eigenvalue weighted by atomic mass is 16.6. The number of esters is 1. The quantitative estimate of drug-likeness (QED) is 0.668. The molecule has 1 aliphatic heterocycles. The number of carbonyl (C=O) groups is 2. The molecule has 0 aromatic heterocycles. The number of hydrogen-bond acceptors (Lipinski definition) is 6. The fourth-order valence-electron chi connectivity index (χ4n) is 3.00. The molecule has 1 amide bonds. The highest BCUT2D eigenvalue weighted by Gasteiger charge is 2.18. The number of amides is 1. The number of benzene rings is 2. The first-order valence-corrected chi connectivity index (χ1v) is 9.58. The number of carbonyl (C=O) groups excluding carboxylic acids is 2. The van der Waals surface area contributed by atoms with E-state index in [9.17, 15) is 9.59 Å². The number of anilines is 1. The molecule has 154 valence electrons. The van der Waals surface area contributed by atoms with Crippen molar-refractivity contribution < 1.29 is 23.8 Å². The van der Waals surface area contributed by atoms with Gasteiger partial charge in [-0.2, -0.15) is 0 Å². The minimum atomic E-state index is -0.516. The molecule has 1 aliphatic rings. The summed E-state index contributed by atoms with van der Waals surface area (Å²) in [6.45, 7) is 3.54. The van der Waals surface area contributed by atoms with Crippen LogP contribution in [0.25, 0.3) is 0 Å². The highest BCUT2D eigenvalue weighted by molar-refractivity contribution is 5.92. The molecule has 2 aromatic rings. The normalized spacial score (nSPS) is 12.2. The maximum absolute atomic E-state index is 12.6. The number of hydrogen-bond donors (Lipinski definition) is 0. The van der Waals surface area contributed by atoms with Gasteiger partial charge in [-0.1, -0.05) is 12.1 Å². The minimum absolute atomic E-state index is 0.250. The van der Waals surface area contributed by atoms with E-state index >= 15 is 0 Å². The van der Waals surface area contributed by atoms with Gasteiger partial charge >= 0.3 is 5.97 Å². The monoisotopic (exact) mass is 398 g/mol. The zero-order valence-electron chi connectivity index (χ0n) is 17.0. The Bertz CT molecular complexity index is 881. The molecule has 0 atom stereocenters. The molecule has 0 bridgehead atoms. The second-order valence-corrected chi connectivity index (χ2v) is 6.91. The Morgan fingerprint density at radius 3 is 2.52 bits per heavy atom. The number of nitrogens with zero attached hydrogens (tertiary/aromatic N) is 2. The van der Waals surface area contributed by atoms with E-state index in [0.29, 0.717) is 43.4 Å². The summed E-state index contributed by atoms with van der Waals surface area (Å²) in [7, 11) is 3.79. The lowest BCUT2D eigenvalue weighted by Crippen LogP contribution is -2.34. The highest BCUT2D eigenvalue weighted by Crippen LogP contribution is 2.31. The van der Waals surface area contributed by atoms with Crippen molar-refractivity contribution in [2.45, 2.75) is 13.5 Å². The van der Waals surface area contributed by atoms with Crippen molar-refractivity contribution in [1.82, 2.24) is 4.90 Å². The van der Waals surface area contributed by atoms with Gasteiger partial charge in [-0.15, -0.1) is 0 Å². The summed E-state index contributed by atoms with van der Waals surface area (Å²) in [6.07, 6.45) is 0. The van der Waals surface area contributed by atoms with Crippen molar-refractivity contribution in [2.24, 2.45) is 0 Å². The Labute approximate surface area is 170 Å². The van der Waals surface area contributed by atoms with Crippen LogP contribution in [-0.4, -0.2) is 57.2 Å². The Hall–Kier alpha value is -3.22. The van der Waals surface area contributed by atoms with E-state index in [0.717, 1.165) is 11.3 Å². The molecule has 7 heteroatoms. The van der Waals surface area contributed by atoms with Crippen LogP contribution in [0.15, 0.2) is 42.5 Å². The van der Waals surface area contributed by atoms with Gasteiger partial charge in [0, 0.05) is 32.9 Å². The maximum Gasteiger partial charge on any atom is 0.338 e. The van der Waals surface area contributed by atoms with Crippen LogP contribution in [0.5, 0.6) is 11.5 Å². The minimum Gasteiger partial charge on any atom is -0.486 e. The van der Waals surface area contributed by atoms with Crippen LogP contribution in [0.1, 0.15) is 22.8 Å². The summed E-state index contributed by atoms with van der Waals surface area (Å²) < 4.78 is 16.4. The zero-order valence-corrected chi connectivity index (χ0v) is 17.0. The van der Waals surface area contributed by atoms with Gasteiger partial charge in [0.05, 0.1) is 5.56 Å². The zero-order chi connectivity index (χ0) is 20.8. The molecule has 0 saturated carbocycles. The third-order valence-corrected chi connectivity index (χ3v) is 4.64. The van der Waals surface area contributed by atoms with Gasteiger partial charge in [-0.05, 0) is 42.8 Å². The fraction of sp³-hybridized carbons (Fsp3) is 0.364. The second-order valence-electron chi connectivity index (χ2n) is 6.91. The van der Waals surface area contributed by atoms with E-state index in [4.69, 9.17) is 14.2 Å². The van der Waals surface area contributed by atoms with Crippen LogP contribution >= 0.6 is 0 Å². The number of ether oxygens (including phenoxy) is 3. The molecule has 0 radical (unpaired) electrons. The molecule has 2 aromatic carbocycles. The molecule has 3 rings (SSSR count). The maximum atomic E-state index is 12.6. The van der Waals surface area contributed by atoms with Crippen molar-refractivity contribution in [3.63, 3.8) is 0 Å². The first-order valence-electron chi connectivity index (χ1n) is 9.58. The summed E-state index contributed by atoms with van der Waals surface area (Å²) in [5.74, 6) is 0.629. The Kier molecular flexibility index (Phi) is 6.59. The molecular formula is C22H26N2O5. The third-order valence-electron chi connectivity index (χ3n) is 4.64. The van der Waals surface area contributed by atoms with Crippen molar-refractivity contribution in [3.8, 4) is 11.5 Å². The van der Waals surface area contributed by atoms with Crippen molar-refractivity contribution in [1.29, 1.82) is 0 Å². The van der Waals surface area contributed by atoms with E-state index in [-0.39, 0.29) is 12.5 Å². The van der Waals surface area contributed by atoms with E-state index in [2.05, 4.69) is 0 Å². The van der Waals surface area contributed by atoms with Crippen LogP contribution in [0.4, 0.5) is 5.69 Å². The summed E-state index contributed by atoms with van der Waals surface area (Å²) in [4.78, 5) is 28.4. The van der Waals surface area contributed by atoms with Gasteiger partial charge in [0.25, 0.3) is 5.91 Å². The standard InChI is InChI=1S/C22H26N2O5/c1-4-24(14-16-8-9-19-20(12-16)28-11-10-27-19)21(25)15-29-22(26)17-6-5-7-18(13-17)23(2)3/h5-9,12-13H,4,10-11,14-15H2,1-3H3. The molecule has 0 aliphatic carbocycles. The van der Waals surface area contributed by atoms with Crippen LogP contribution in [0, 0.1) is 0 Å². The van der Waals surface area contributed by atoms with E-state index in [1.807, 2.05) is 50.2 Å². The Morgan fingerprint density at radius 1 is 1.03 bits per heavy atom. The molecule has 0 saturated heterocycles. The predicted molar refractivity (Wildman–Crippen MR) is 110 cm³/mol. The van der Waals surface area contributed by atoms with Gasteiger partial charge in [0.15, 0.2) is 18.1 Å². The van der Waals surface area contributed by atoms with Gasteiger partial charge < -0.3 is 24.0 Å². The van der Waals surface area contributed by atoms with Gasteiger partial charge in [-0.3, -0.25) is 4.79 Å². The van der Waals surface area contributed by atoms with Gasteiger partial charge in [-0.25, -0.2) is 4.79 Å². The Morgan fingerprint density at radius 2 is 1.79 bits per heavy atom.